The first-order valence-corrected chi connectivity index (χ1v) is 5.63. The van der Waals surface area contributed by atoms with E-state index in [1.54, 1.807) is 0 Å². The lowest BCUT2D eigenvalue weighted by atomic mass is 10.1. The molecule has 3 nitrogen and oxygen atoms in total. The number of halogens is 1. The molecule has 0 fully saturated rings. The van der Waals surface area contributed by atoms with Gasteiger partial charge in [-0.15, -0.1) is 0 Å². The Bertz CT molecular complexity index is 345. The van der Waals surface area contributed by atoms with Gasteiger partial charge in [0.1, 0.15) is 5.84 Å². The largest absolute Gasteiger partial charge is 0.368 e. The Hall–Kier alpha value is -0.620. The molecule has 0 amide bonds. The maximum Gasteiger partial charge on any atom is 0.128 e. The van der Waals surface area contributed by atoms with Gasteiger partial charge in [-0.2, -0.15) is 0 Å². The van der Waals surface area contributed by atoms with Gasteiger partial charge in [0.15, 0.2) is 0 Å². The van der Waals surface area contributed by atoms with Crippen LogP contribution in [0.25, 0.3) is 0 Å². The van der Waals surface area contributed by atoms with Gasteiger partial charge >= 0.3 is 0 Å². The third-order valence-electron chi connectivity index (χ3n) is 2.13. The first-order valence-electron chi connectivity index (χ1n) is 4.55. The molecule has 0 spiro atoms. The lowest BCUT2D eigenvalue weighted by Crippen LogP contribution is -2.44. The smallest absolute Gasteiger partial charge is 0.128 e. The van der Waals surface area contributed by atoms with Gasteiger partial charge in [0.05, 0.1) is 6.54 Å². The van der Waals surface area contributed by atoms with Crippen LogP contribution >= 0.6 is 22.6 Å². The van der Waals surface area contributed by atoms with Gasteiger partial charge in [-0.25, -0.2) is 0 Å². The monoisotopic (exact) mass is 301 g/mol. The van der Waals surface area contributed by atoms with E-state index in [4.69, 9.17) is 5.73 Å². The highest BCUT2D eigenvalue weighted by Gasteiger charge is 2.11. The van der Waals surface area contributed by atoms with Gasteiger partial charge < -0.3 is 11.1 Å². The van der Waals surface area contributed by atoms with Crippen molar-refractivity contribution in [1.29, 1.82) is 0 Å². The Morgan fingerprint density at radius 3 is 2.64 bits per heavy atom. The molecule has 3 N–H and O–H groups in total. The minimum absolute atomic E-state index is 0.155. The van der Waals surface area contributed by atoms with Crippen LogP contribution < -0.4 is 11.1 Å². The fourth-order valence-corrected chi connectivity index (χ4v) is 1.72. The normalized spacial score (nSPS) is 21.3. The zero-order chi connectivity index (χ0) is 9.97. The van der Waals surface area contributed by atoms with Crippen LogP contribution in [0.15, 0.2) is 29.3 Å². The van der Waals surface area contributed by atoms with Gasteiger partial charge in [0, 0.05) is 21.7 Å². The highest BCUT2D eigenvalue weighted by molar-refractivity contribution is 14.1. The molecule has 1 aliphatic heterocycles. The Kier molecular flexibility index (Phi) is 3.02. The van der Waals surface area contributed by atoms with Gasteiger partial charge in [0.2, 0.25) is 0 Å². The molecule has 14 heavy (non-hydrogen) atoms. The fourth-order valence-electron chi connectivity index (χ4n) is 1.36. The average molecular weight is 301 g/mol. The summed E-state index contributed by atoms with van der Waals surface area (Å²) in [5, 5.41) is 3.23. The Morgan fingerprint density at radius 2 is 2.07 bits per heavy atom. The zero-order valence-corrected chi connectivity index (χ0v) is 9.86. The Labute approximate surface area is 96.9 Å². The maximum atomic E-state index is 5.73. The molecule has 0 aromatic heterocycles. The van der Waals surface area contributed by atoms with E-state index in [9.17, 15) is 0 Å². The quantitative estimate of drug-likeness (QED) is 0.759. The second-order valence-corrected chi connectivity index (χ2v) is 4.58. The minimum Gasteiger partial charge on any atom is -0.368 e. The molecule has 74 valence electrons. The average Bonchev–Trinajstić information content (AvgIpc) is 2.21. The Morgan fingerprint density at radius 1 is 1.36 bits per heavy atom. The van der Waals surface area contributed by atoms with E-state index in [0.717, 1.165) is 17.9 Å². The summed E-state index contributed by atoms with van der Waals surface area (Å²) in [5.41, 5.74) is 6.86. The van der Waals surface area contributed by atoms with Crippen LogP contribution in [0.2, 0.25) is 0 Å². The topological polar surface area (TPSA) is 50.4 Å². The number of nitrogens with two attached hydrogens (primary N) is 1. The third kappa shape index (κ3) is 2.24. The van der Waals surface area contributed by atoms with Crippen molar-refractivity contribution in [2.24, 2.45) is 10.7 Å². The molecule has 0 radical (unpaired) electrons. The summed E-state index contributed by atoms with van der Waals surface area (Å²) in [6, 6.07) is 8.46. The van der Waals surface area contributed by atoms with Crippen LogP contribution in [0.5, 0.6) is 0 Å². The first kappa shape index (κ1) is 9.92. The Balaban J connectivity index is 2.19. The van der Waals surface area contributed by atoms with Crippen molar-refractivity contribution in [2.45, 2.75) is 6.04 Å². The first-order chi connectivity index (χ1) is 6.75. The fraction of sp³-hybridized carbons (Fsp3) is 0.300. The summed E-state index contributed by atoms with van der Waals surface area (Å²) in [5.74, 6) is 0.961. The molecule has 2 rings (SSSR count). The van der Waals surface area contributed by atoms with Crippen molar-refractivity contribution in [1.82, 2.24) is 5.32 Å². The number of hydrogen-bond donors (Lipinski definition) is 2. The molecule has 1 aromatic rings. The molecule has 0 bridgehead atoms. The van der Waals surface area contributed by atoms with Crippen LogP contribution in [0.4, 0.5) is 0 Å². The summed E-state index contributed by atoms with van der Waals surface area (Å²) in [4.78, 5) is 4.39. The number of aliphatic imine (C=N–C) groups is 1. The minimum atomic E-state index is 0.155. The van der Waals surface area contributed by atoms with E-state index >= 15 is 0 Å². The second-order valence-electron chi connectivity index (χ2n) is 3.34. The SMILES string of the molecule is NC1CN=C(c2ccc(I)cc2)NC1. The highest BCUT2D eigenvalue weighted by atomic mass is 127. The van der Waals surface area contributed by atoms with Crippen LogP contribution in [-0.4, -0.2) is 25.0 Å². The van der Waals surface area contributed by atoms with Crippen molar-refractivity contribution in [3.63, 3.8) is 0 Å². The van der Waals surface area contributed by atoms with Crippen molar-refractivity contribution < 1.29 is 0 Å². The lowest BCUT2D eigenvalue weighted by molar-refractivity contribution is 0.628. The van der Waals surface area contributed by atoms with E-state index in [-0.39, 0.29) is 6.04 Å². The van der Waals surface area contributed by atoms with Gasteiger partial charge in [0.25, 0.3) is 0 Å². The third-order valence-corrected chi connectivity index (χ3v) is 2.85. The predicted octanol–water partition coefficient (Wildman–Crippen LogP) is 0.968. The number of nitrogens with zero attached hydrogens (tertiary/aromatic N) is 1. The van der Waals surface area contributed by atoms with Crippen LogP contribution in [0.1, 0.15) is 5.56 Å². The molecule has 0 aliphatic carbocycles. The van der Waals surface area contributed by atoms with Gasteiger partial charge in [-0.1, -0.05) is 12.1 Å². The molecule has 1 aliphatic rings. The van der Waals surface area contributed by atoms with Crippen LogP contribution in [-0.2, 0) is 0 Å². The molecule has 1 aromatic carbocycles. The van der Waals surface area contributed by atoms with Crippen LogP contribution in [0, 0.1) is 3.57 Å². The number of hydrogen-bond acceptors (Lipinski definition) is 3. The summed E-state index contributed by atoms with van der Waals surface area (Å²) >= 11 is 2.29. The molecule has 1 atom stereocenters. The molecule has 4 heteroatoms. The van der Waals surface area contributed by atoms with Crippen molar-refractivity contribution >= 4 is 28.4 Å². The summed E-state index contributed by atoms with van der Waals surface area (Å²) in [6.45, 7) is 1.53. The molecular weight excluding hydrogens is 289 g/mol. The molecule has 1 heterocycles. The van der Waals surface area contributed by atoms with Gasteiger partial charge in [-0.3, -0.25) is 4.99 Å². The summed E-state index contributed by atoms with van der Waals surface area (Å²) < 4.78 is 1.24. The van der Waals surface area contributed by atoms with E-state index in [0.29, 0.717) is 6.54 Å². The molecule has 1 unspecified atom stereocenters. The number of nitrogens with one attached hydrogen (secondary N) is 1. The lowest BCUT2D eigenvalue weighted by Gasteiger charge is -2.19. The molecular formula is C10H12IN3. The summed E-state index contributed by atoms with van der Waals surface area (Å²) in [7, 11) is 0. The van der Waals surface area contributed by atoms with E-state index in [1.165, 1.54) is 3.57 Å². The second kappa shape index (κ2) is 4.27. The van der Waals surface area contributed by atoms with E-state index in [1.807, 2.05) is 0 Å². The van der Waals surface area contributed by atoms with Crippen LogP contribution in [0.3, 0.4) is 0 Å². The standard InChI is InChI=1S/C10H12IN3/c11-8-3-1-7(2-4-8)10-13-5-9(12)6-14-10/h1-4,9H,5-6,12H2,(H,13,14). The van der Waals surface area contributed by atoms with Crippen molar-refractivity contribution in [3.8, 4) is 0 Å². The molecule has 0 saturated heterocycles. The number of rotatable bonds is 1. The number of amidine groups is 1. The number of benzene rings is 1. The predicted molar refractivity (Wildman–Crippen MR) is 66.5 cm³/mol. The van der Waals surface area contributed by atoms with Gasteiger partial charge in [-0.05, 0) is 34.7 Å². The van der Waals surface area contributed by atoms with E-state index < -0.39 is 0 Å². The summed E-state index contributed by atoms with van der Waals surface area (Å²) in [6.07, 6.45) is 0. The van der Waals surface area contributed by atoms with Crippen molar-refractivity contribution in [3.05, 3.63) is 33.4 Å². The highest BCUT2D eigenvalue weighted by Crippen LogP contribution is 2.08. The molecule has 0 saturated carbocycles. The maximum absolute atomic E-state index is 5.73. The van der Waals surface area contributed by atoms with E-state index in [2.05, 4.69) is 57.2 Å². The van der Waals surface area contributed by atoms with Crippen molar-refractivity contribution in [2.75, 3.05) is 13.1 Å². The zero-order valence-electron chi connectivity index (χ0n) is 7.70.